The fourth-order valence-corrected chi connectivity index (χ4v) is 7.12. The number of rotatable bonds is 8. The summed E-state index contributed by atoms with van der Waals surface area (Å²) in [5.41, 5.74) is 10.7. The van der Waals surface area contributed by atoms with E-state index in [0.29, 0.717) is 0 Å². The second-order valence-corrected chi connectivity index (χ2v) is 11.6. The van der Waals surface area contributed by atoms with Gasteiger partial charge in [0, 0.05) is 22.8 Å². The van der Waals surface area contributed by atoms with E-state index in [0.717, 1.165) is 32.9 Å². The number of hydrogen-bond donors (Lipinski definition) is 1. The molecule has 0 aliphatic rings. The summed E-state index contributed by atoms with van der Waals surface area (Å²) >= 11 is 0. The molecule has 35 heavy (non-hydrogen) atoms. The summed E-state index contributed by atoms with van der Waals surface area (Å²) in [6, 6.07) is 35.2. The van der Waals surface area contributed by atoms with E-state index in [1.807, 2.05) is 109 Å². The van der Waals surface area contributed by atoms with Crippen molar-refractivity contribution in [2.24, 2.45) is 11.7 Å². The lowest BCUT2D eigenvalue weighted by molar-refractivity contribution is -0.145. The highest BCUT2D eigenvalue weighted by atomic mass is 31.2. The van der Waals surface area contributed by atoms with Crippen LogP contribution in [0, 0.1) is 5.92 Å². The highest BCUT2D eigenvalue weighted by molar-refractivity contribution is 7.78. The predicted octanol–water partition coefficient (Wildman–Crippen LogP) is 5.47. The molecule has 2 atom stereocenters. The molecule has 4 aromatic carbocycles. The van der Waals surface area contributed by atoms with Crippen molar-refractivity contribution >= 4 is 23.7 Å². The number of methoxy groups -OCH3 is 1. The summed E-state index contributed by atoms with van der Waals surface area (Å²) < 4.78 is 19.6. The van der Waals surface area contributed by atoms with Crippen molar-refractivity contribution in [3.8, 4) is 22.3 Å². The molecule has 0 heterocycles. The zero-order chi connectivity index (χ0) is 24.8. The minimum atomic E-state index is -3.14. The molecule has 0 radical (unpaired) electrons. The van der Waals surface area contributed by atoms with Crippen molar-refractivity contribution in [2.75, 3.05) is 13.3 Å². The molecule has 0 bridgehead atoms. The molecule has 0 aliphatic carbocycles. The van der Waals surface area contributed by atoms with Crippen molar-refractivity contribution in [1.82, 2.24) is 0 Å². The molecule has 0 saturated heterocycles. The van der Waals surface area contributed by atoms with E-state index in [1.165, 1.54) is 7.11 Å². The molecule has 0 fully saturated rings. The molecule has 2 N–H and O–H groups in total. The third-order valence-corrected chi connectivity index (χ3v) is 9.67. The molecular formula is C30H30NO3P. The fourth-order valence-electron chi connectivity index (χ4n) is 4.23. The maximum atomic E-state index is 14.7. The van der Waals surface area contributed by atoms with Crippen LogP contribution in [0.5, 0.6) is 0 Å². The van der Waals surface area contributed by atoms with Crippen molar-refractivity contribution in [3.63, 3.8) is 0 Å². The van der Waals surface area contributed by atoms with Gasteiger partial charge in [-0.3, -0.25) is 4.79 Å². The van der Waals surface area contributed by atoms with Crippen LogP contribution in [-0.2, 0) is 14.1 Å². The quantitative estimate of drug-likeness (QED) is 0.267. The van der Waals surface area contributed by atoms with Gasteiger partial charge in [-0.15, -0.1) is 0 Å². The maximum Gasteiger partial charge on any atom is 0.309 e. The molecule has 0 spiro atoms. The van der Waals surface area contributed by atoms with Crippen LogP contribution < -0.4 is 16.3 Å². The second kappa shape index (κ2) is 10.9. The highest BCUT2D eigenvalue weighted by Gasteiger charge is 2.34. The van der Waals surface area contributed by atoms with Crippen molar-refractivity contribution in [3.05, 3.63) is 109 Å². The van der Waals surface area contributed by atoms with Gasteiger partial charge in [-0.1, -0.05) is 116 Å². The Labute approximate surface area is 207 Å². The van der Waals surface area contributed by atoms with E-state index < -0.39 is 25.1 Å². The number of nitrogens with two attached hydrogens (primary N) is 1. The van der Waals surface area contributed by atoms with Crippen molar-refractivity contribution in [2.45, 2.75) is 13.0 Å². The van der Waals surface area contributed by atoms with Gasteiger partial charge in [-0.05, 0) is 22.3 Å². The van der Waals surface area contributed by atoms with Crippen molar-refractivity contribution < 1.29 is 14.1 Å². The fraction of sp³-hybridized carbons (Fsp3) is 0.167. The summed E-state index contributed by atoms with van der Waals surface area (Å²) in [7, 11) is -1.80. The summed E-state index contributed by atoms with van der Waals surface area (Å²) in [6.07, 6.45) is 0.165. The van der Waals surface area contributed by atoms with Crippen molar-refractivity contribution in [1.29, 1.82) is 0 Å². The number of esters is 1. The van der Waals surface area contributed by atoms with Gasteiger partial charge in [0.25, 0.3) is 0 Å². The van der Waals surface area contributed by atoms with Gasteiger partial charge in [-0.2, -0.15) is 0 Å². The van der Waals surface area contributed by atoms with Gasteiger partial charge >= 0.3 is 5.97 Å². The number of benzene rings is 4. The number of carbonyl (C=O) groups excluding carboxylic acids is 1. The molecule has 0 aliphatic heterocycles. The standard InChI is InChI=1S/C30H30NO3P/c1-22(30(32)34-2)29(31)21-35(33,27-17-13-25(14-18-27)23-9-5-3-6-10-23)28-19-15-26(16-20-28)24-11-7-4-8-12-24/h3-20,22,29H,21,31H2,1-2H3. The number of ether oxygens (including phenoxy) is 1. The largest absolute Gasteiger partial charge is 0.469 e. The first kappa shape index (κ1) is 24.7. The van der Waals surface area contributed by atoms with E-state index >= 15 is 0 Å². The molecule has 2 unspecified atom stereocenters. The Morgan fingerprint density at radius 1 is 0.714 bits per heavy atom. The van der Waals surface area contributed by atoms with Crippen LogP contribution in [0.2, 0.25) is 0 Å². The van der Waals surface area contributed by atoms with Crippen LogP contribution >= 0.6 is 7.14 Å². The Kier molecular flexibility index (Phi) is 7.65. The van der Waals surface area contributed by atoms with Crippen LogP contribution in [0.1, 0.15) is 6.92 Å². The molecule has 5 heteroatoms. The van der Waals surface area contributed by atoms with E-state index in [-0.39, 0.29) is 6.16 Å². The van der Waals surface area contributed by atoms with Crippen LogP contribution in [-0.4, -0.2) is 25.3 Å². The molecule has 0 saturated carbocycles. The maximum absolute atomic E-state index is 14.7. The summed E-state index contributed by atoms with van der Waals surface area (Å²) in [6.45, 7) is 1.72. The van der Waals surface area contributed by atoms with E-state index in [1.54, 1.807) is 6.92 Å². The first-order chi connectivity index (χ1) is 16.9. The van der Waals surface area contributed by atoms with Gasteiger partial charge in [0.15, 0.2) is 0 Å². The van der Waals surface area contributed by atoms with Crippen LogP contribution in [0.15, 0.2) is 109 Å². The van der Waals surface area contributed by atoms with Crippen LogP contribution in [0.25, 0.3) is 22.3 Å². The average Bonchev–Trinajstić information content (AvgIpc) is 2.93. The highest BCUT2D eigenvalue weighted by Crippen LogP contribution is 2.45. The summed E-state index contributed by atoms with van der Waals surface area (Å²) in [5.74, 6) is -0.969. The minimum Gasteiger partial charge on any atom is -0.469 e. The molecule has 178 valence electrons. The van der Waals surface area contributed by atoms with Gasteiger partial charge < -0.3 is 15.0 Å². The van der Waals surface area contributed by atoms with E-state index in [9.17, 15) is 9.36 Å². The van der Waals surface area contributed by atoms with Gasteiger partial charge in [0.05, 0.1) is 13.0 Å². The normalized spacial score (nSPS) is 13.1. The zero-order valence-corrected chi connectivity index (χ0v) is 20.9. The number of carbonyl (C=O) groups is 1. The second-order valence-electron chi connectivity index (χ2n) is 8.72. The van der Waals surface area contributed by atoms with Gasteiger partial charge in [-0.25, -0.2) is 0 Å². The first-order valence-corrected chi connectivity index (χ1v) is 13.6. The molecule has 4 aromatic rings. The monoisotopic (exact) mass is 483 g/mol. The lowest BCUT2D eigenvalue weighted by Gasteiger charge is -2.26. The van der Waals surface area contributed by atoms with Crippen LogP contribution in [0.3, 0.4) is 0 Å². The van der Waals surface area contributed by atoms with Crippen LogP contribution in [0.4, 0.5) is 0 Å². The Morgan fingerprint density at radius 3 is 1.46 bits per heavy atom. The topological polar surface area (TPSA) is 69.4 Å². The Morgan fingerprint density at radius 2 is 1.09 bits per heavy atom. The molecule has 0 amide bonds. The SMILES string of the molecule is COC(=O)C(C)C(N)CP(=O)(c1ccc(-c2ccccc2)cc1)c1ccc(-c2ccccc2)cc1. The van der Waals surface area contributed by atoms with Gasteiger partial charge in [0.2, 0.25) is 0 Å². The lowest BCUT2D eigenvalue weighted by Crippen LogP contribution is -2.39. The first-order valence-electron chi connectivity index (χ1n) is 11.7. The smallest absolute Gasteiger partial charge is 0.309 e. The summed E-state index contributed by atoms with van der Waals surface area (Å²) in [4.78, 5) is 12.1. The Balaban J connectivity index is 1.72. The molecule has 4 nitrogen and oxygen atoms in total. The molecule has 4 rings (SSSR count). The number of hydrogen-bond acceptors (Lipinski definition) is 4. The lowest BCUT2D eigenvalue weighted by atomic mass is 10.1. The third-order valence-electron chi connectivity index (χ3n) is 6.47. The Bertz CT molecular complexity index is 1220. The van der Waals surface area contributed by atoms with E-state index in [4.69, 9.17) is 10.5 Å². The molecular weight excluding hydrogens is 453 g/mol. The average molecular weight is 484 g/mol. The van der Waals surface area contributed by atoms with Gasteiger partial charge in [0.1, 0.15) is 7.14 Å². The predicted molar refractivity (Wildman–Crippen MR) is 145 cm³/mol. The minimum absolute atomic E-state index is 0.165. The molecule has 0 aromatic heterocycles. The zero-order valence-electron chi connectivity index (χ0n) is 20.0. The summed E-state index contributed by atoms with van der Waals surface area (Å²) in [5, 5.41) is 1.44. The third kappa shape index (κ3) is 5.45. The Hall–Kier alpha value is -3.46. The van der Waals surface area contributed by atoms with E-state index in [2.05, 4.69) is 0 Å².